The minimum atomic E-state index is 0.864. The Balaban J connectivity index is 1.07. The molecule has 2 heterocycles. The van der Waals surface area contributed by atoms with E-state index in [1.54, 1.807) is 0 Å². The molecule has 0 bridgehead atoms. The number of furan rings is 2. The third kappa shape index (κ3) is 4.75. The molecule has 0 radical (unpaired) electrons. The molecule has 0 aliphatic carbocycles. The predicted molar refractivity (Wildman–Crippen MR) is 222 cm³/mol. The van der Waals surface area contributed by atoms with Crippen LogP contribution >= 0.6 is 0 Å². The zero-order chi connectivity index (χ0) is 34.9. The van der Waals surface area contributed by atoms with Crippen molar-refractivity contribution in [1.29, 1.82) is 0 Å². The maximum atomic E-state index is 6.65. The highest BCUT2D eigenvalue weighted by atomic mass is 16.3. The van der Waals surface area contributed by atoms with E-state index in [0.717, 1.165) is 77.5 Å². The first kappa shape index (κ1) is 29.6. The van der Waals surface area contributed by atoms with E-state index in [2.05, 4.69) is 181 Å². The van der Waals surface area contributed by atoms with Crippen molar-refractivity contribution in [3.05, 3.63) is 188 Å². The maximum absolute atomic E-state index is 6.65. The molecule has 0 unspecified atom stereocenters. The summed E-state index contributed by atoms with van der Waals surface area (Å²) in [6, 6.07) is 66.9. The molecule has 0 aliphatic rings. The number of hydrogen-bond donors (Lipinski definition) is 0. The number of hydrogen-bond acceptors (Lipinski definition) is 3. The quantitative estimate of drug-likeness (QED) is 0.182. The number of nitrogens with zero attached hydrogens (tertiary/aromatic N) is 1. The van der Waals surface area contributed by atoms with E-state index in [-0.39, 0.29) is 0 Å². The Bertz CT molecular complexity index is 3160. The van der Waals surface area contributed by atoms with Gasteiger partial charge in [0, 0.05) is 32.9 Å². The minimum Gasteiger partial charge on any atom is -0.456 e. The van der Waals surface area contributed by atoms with Gasteiger partial charge in [0.15, 0.2) is 0 Å². The number of rotatable bonds is 5. The molecule has 0 aliphatic heterocycles. The van der Waals surface area contributed by atoms with Crippen molar-refractivity contribution in [2.24, 2.45) is 0 Å². The second kappa shape index (κ2) is 11.7. The van der Waals surface area contributed by atoms with Gasteiger partial charge in [-0.15, -0.1) is 0 Å². The van der Waals surface area contributed by atoms with E-state index in [1.807, 2.05) is 12.1 Å². The van der Waals surface area contributed by atoms with Crippen LogP contribution in [-0.4, -0.2) is 0 Å². The summed E-state index contributed by atoms with van der Waals surface area (Å²) in [5.74, 6) is 0. The van der Waals surface area contributed by atoms with Crippen molar-refractivity contribution in [3.63, 3.8) is 0 Å². The van der Waals surface area contributed by atoms with Gasteiger partial charge in [-0.2, -0.15) is 0 Å². The normalized spacial score (nSPS) is 11.8. The Morgan fingerprint density at radius 1 is 0.340 bits per heavy atom. The average molecular weight is 678 g/mol. The second-order valence-corrected chi connectivity index (χ2v) is 13.7. The van der Waals surface area contributed by atoms with Gasteiger partial charge in [0.25, 0.3) is 0 Å². The lowest BCUT2D eigenvalue weighted by Crippen LogP contribution is -2.10. The Kier molecular flexibility index (Phi) is 6.55. The van der Waals surface area contributed by atoms with Crippen LogP contribution in [0, 0.1) is 0 Å². The van der Waals surface area contributed by atoms with Crippen molar-refractivity contribution in [3.8, 4) is 22.3 Å². The average Bonchev–Trinajstić information content (AvgIpc) is 3.80. The zero-order valence-electron chi connectivity index (χ0n) is 28.7. The molecule has 0 amide bonds. The summed E-state index contributed by atoms with van der Waals surface area (Å²) < 4.78 is 12.8. The molecule has 248 valence electrons. The summed E-state index contributed by atoms with van der Waals surface area (Å²) in [6.07, 6.45) is 0. The molecule has 11 rings (SSSR count). The van der Waals surface area contributed by atoms with Crippen LogP contribution in [0.2, 0.25) is 0 Å². The zero-order valence-corrected chi connectivity index (χ0v) is 28.7. The Hall–Kier alpha value is -7.10. The Morgan fingerprint density at radius 3 is 1.75 bits per heavy atom. The van der Waals surface area contributed by atoms with Crippen LogP contribution in [0.15, 0.2) is 197 Å². The highest BCUT2D eigenvalue weighted by molar-refractivity contribution is 6.19. The SMILES string of the molecule is c1ccc2c(-c3ccc(N(c4ccc(-c5ccc6oc7ccccc7c6c5)cc4)c4cccc5oc6c7ccccc7ccc6c45)cc3)cccc2c1. The molecule has 53 heavy (non-hydrogen) atoms. The van der Waals surface area contributed by atoms with E-state index < -0.39 is 0 Å². The largest absolute Gasteiger partial charge is 0.456 e. The third-order valence-corrected chi connectivity index (χ3v) is 10.7. The smallest absolute Gasteiger partial charge is 0.143 e. The lowest BCUT2D eigenvalue weighted by atomic mass is 9.98. The topological polar surface area (TPSA) is 29.5 Å². The minimum absolute atomic E-state index is 0.864. The monoisotopic (exact) mass is 677 g/mol. The highest BCUT2D eigenvalue weighted by Gasteiger charge is 2.21. The van der Waals surface area contributed by atoms with Crippen LogP contribution in [0.1, 0.15) is 0 Å². The summed E-state index contributed by atoms with van der Waals surface area (Å²) in [7, 11) is 0. The van der Waals surface area contributed by atoms with Gasteiger partial charge in [0.05, 0.1) is 11.1 Å². The van der Waals surface area contributed by atoms with Crippen LogP contribution in [-0.2, 0) is 0 Å². The number of para-hydroxylation sites is 1. The van der Waals surface area contributed by atoms with E-state index in [4.69, 9.17) is 8.83 Å². The molecule has 0 atom stereocenters. The first-order valence-corrected chi connectivity index (χ1v) is 18.0. The van der Waals surface area contributed by atoms with Crippen molar-refractivity contribution < 1.29 is 8.83 Å². The van der Waals surface area contributed by atoms with Gasteiger partial charge in [0.1, 0.15) is 22.3 Å². The number of benzene rings is 9. The fourth-order valence-electron chi connectivity index (χ4n) is 8.12. The standard InChI is InChI=1S/C50H31NO2/c1-3-12-39-33(9-1)11-7-15-40(39)35-21-27-38(28-22-35)51(45-16-8-18-48-49(45)43-29-23-34-10-2-4-13-41(34)50(43)53-48)37-25-19-32(20-26-37)36-24-30-47-44(31-36)42-14-5-6-17-46(42)52-47/h1-31H. The lowest BCUT2D eigenvalue weighted by molar-refractivity contribution is 0.669. The summed E-state index contributed by atoms with van der Waals surface area (Å²) >= 11 is 0. The number of anilines is 3. The molecule has 2 aromatic heterocycles. The molecule has 0 saturated heterocycles. The van der Waals surface area contributed by atoms with E-state index in [0.29, 0.717) is 0 Å². The summed E-state index contributed by atoms with van der Waals surface area (Å²) in [4.78, 5) is 2.36. The fourth-order valence-corrected chi connectivity index (χ4v) is 8.12. The van der Waals surface area contributed by atoms with Crippen molar-refractivity contribution >= 4 is 82.5 Å². The molecule has 3 heteroatoms. The van der Waals surface area contributed by atoms with Crippen LogP contribution in [0.3, 0.4) is 0 Å². The molecule has 11 aromatic rings. The second-order valence-electron chi connectivity index (χ2n) is 13.7. The van der Waals surface area contributed by atoms with Gasteiger partial charge in [-0.3, -0.25) is 0 Å². The Morgan fingerprint density at radius 2 is 0.943 bits per heavy atom. The summed E-state index contributed by atoms with van der Waals surface area (Å²) in [5, 5.41) is 9.22. The first-order chi connectivity index (χ1) is 26.3. The van der Waals surface area contributed by atoms with E-state index in [1.165, 1.54) is 27.3 Å². The molecule has 0 saturated carbocycles. The molecule has 9 aromatic carbocycles. The van der Waals surface area contributed by atoms with Gasteiger partial charge < -0.3 is 13.7 Å². The predicted octanol–water partition coefficient (Wildman–Crippen LogP) is 14.6. The van der Waals surface area contributed by atoms with Crippen LogP contribution in [0.25, 0.3) is 87.7 Å². The van der Waals surface area contributed by atoms with Gasteiger partial charge in [0.2, 0.25) is 0 Å². The number of fused-ring (bicyclic) bond motifs is 9. The van der Waals surface area contributed by atoms with Crippen LogP contribution in [0.4, 0.5) is 17.1 Å². The van der Waals surface area contributed by atoms with E-state index >= 15 is 0 Å². The molecule has 3 nitrogen and oxygen atoms in total. The van der Waals surface area contributed by atoms with Crippen LogP contribution in [0.5, 0.6) is 0 Å². The van der Waals surface area contributed by atoms with Gasteiger partial charge in [-0.05, 0) is 99.1 Å². The van der Waals surface area contributed by atoms with Crippen molar-refractivity contribution in [1.82, 2.24) is 0 Å². The van der Waals surface area contributed by atoms with Crippen LogP contribution < -0.4 is 4.90 Å². The van der Waals surface area contributed by atoms with Gasteiger partial charge in [-0.25, -0.2) is 0 Å². The highest BCUT2D eigenvalue weighted by Crippen LogP contribution is 2.45. The van der Waals surface area contributed by atoms with E-state index in [9.17, 15) is 0 Å². The molecule has 0 fully saturated rings. The molecular weight excluding hydrogens is 647 g/mol. The lowest BCUT2D eigenvalue weighted by Gasteiger charge is -2.26. The molecular formula is C50H31NO2. The fraction of sp³-hybridized carbons (Fsp3) is 0. The maximum Gasteiger partial charge on any atom is 0.143 e. The summed E-state index contributed by atoms with van der Waals surface area (Å²) in [6.45, 7) is 0. The Labute approximate surface area is 305 Å². The van der Waals surface area contributed by atoms with Gasteiger partial charge >= 0.3 is 0 Å². The van der Waals surface area contributed by atoms with Crippen molar-refractivity contribution in [2.45, 2.75) is 0 Å². The third-order valence-electron chi connectivity index (χ3n) is 10.7. The van der Waals surface area contributed by atoms with Crippen molar-refractivity contribution in [2.75, 3.05) is 4.90 Å². The van der Waals surface area contributed by atoms with Gasteiger partial charge in [-0.1, -0.05) is 127 Å². The summed E-state index contributed by atoms with van der Waals surface area (Å²) in [5.41, 5.74) is 11.5. The molecule has 0 spiro atoms. The molecule has 0 N–H and O–H groups in total. The first-order valence-electron chi connectivity index (χ1n) is 18.0.